The van der Waals surface area contributed by atoms with Gasteiger partial charge in [-0.15, -0.1) is 0 Å². The lowest BCUT2D eigenvalue weighted by Gasteiger charge is -2.17. The van der Waals surface area contributed by atoms with Gasteiger partial charge in [0, 0.05) is 0 Å². The van der Waals surface area contributed by atoms with Crippen molar-refractivity contribution >= 4 is 0 Å². The largest absolute Gasteiger partial charge is 0.257 e. The zero-order valence-electron chi connectivity index (χ0n) is 22.6. The molecule has 0 aliphatic heterocycles. The third kappa shape index (κ3) is 13.7. The average molecular weight is 448 g/mol. The molecule has 1 aromatic heterocycles. The van der Waals surface area contributed by atoms with Gasteiger partial charge in [0.2, 0.25) is 0 Å². The summed E-state index contributed by atoms with van der Waals surface area (Å²) < 4.78 is 2.56. The molecular formula is C30H59N2+. The van der Waals surface area contributed by atoms with Gasteiger partial charge in [0.05, 0.1) is 12.0 Å². The highest BCUT2D eigenvalue weighted by atomic mass is 15.1. The fourth-order valence-electron chi connectivity index (χ4n) is 5.27. The summed E-state index contributed by atoms with van der Waals surface area (Å²) >= 11 is 0. The maximum absolute atomic E-state index is 3.65. The quantitative estimate of drug-likeness (QED) is 0.127. The van der Waals surface area contributed by atoms with E-state index in [1.807, 2.05) is 0 Å². The Bertz CT molecular complexity index is 507. The summed E-state index contributed by atoms with van der Waals surface area (Å²) in [4.78, 5) is 3.65. The molecular weight excluding hydrogens is 388 g/mol. The fourth-order valence-corrected chi connectivity index (χ4v) is 5.27. The van der Waals surface area contributed by atoms with Gasteiger partial charge in [-0.05, 0) is 26.2 Å². The van der Waals surface area contributed by atoms with E-state index in [0.29, 0.717) is 12.0 Å². The molecule has 0 saturated heterocycles. The van der Waals surface area contributed by atoms with E-state index < -0.39 is 0 Å². The number of unbranched alkanes of at least 4 members (excludes halogenated alkanes) is 15. The summed E-state index contributed by atoms with van der Waals surface area (Å²) in [6, 6.07) is 0.616. The maximum atomic E-state index is 3.65. The molecule has 1 rings (SSSR count). The first-order valence-electron chi connectivity index (χ1n) is 14.8. The van der Waals surface area contributed by atoms with Crippen molar-refractivity contribution in [2.75, 3.05) is 0 Å². The Morgan fingerprint density at radius 1 is 0.594 bits per heavy atom. The Morgan fingerprint density at radius 2 is 1.03 bits per heavy atom. The SMILES string of the molecule is CCCCCCCCCCCCCCC(CCCCCCC)c1[nH]cc[n+]1C(C)CCC. The molecule has 2 atom stereocenters. The van der Waals surface area contributed by atoms with Crippen molar-refractivity contribution in [3.8, 4) is 0 Å². The van der Waals surface area contributed by atoms with Gasteiger partial charge in [0.15, 0.2) is 0 Å². The normalized spacial score (nSPS) is 13.5. The van der Waals surface area contributed by atoms with E-state index in [1.54, 1.807) is 0 Å². The summed E-state index contributed by atoms with van der Waals surface area (Å²) in [7, 11) is 0. The topological polar surface area (TPSA) is 19.7 Å². The van der Waals surface area contributed by atoms with Gasteiger partial charge in [0.1, 0.15) is 12.4 Å². The number of aromatic nitrogens is 2. The van der Waals surface area contributed by atoms with Crippen LogP contribution in [0.4, 0.5) is 0 Å². The minimum Gasteiger partial charge on any atom is -0.247 e. The first-order chi connectivity index (χ1) is 15.7. The van der Waals surface area contributed by atoms with E-state index in [0.717, 1.165) is 0 Å². The molecule has 0 spiro atoms. The monoisotopic (exact) mass is 447 g/mol. The van der Waals surface area contributed by atoms with Crippen molar-refractivity contribution in [3.63, 3.8) is 0 Å². The number of aromatic amines is 1. The Hall–Kier alpha value is -0.790. The number of hydrogen-bond acceptors (Lipinski definition) is 0. The Balaban J connectivity index is 2.32. The number of H-pyrrole nitrogens is 1. The van der Waals surface area contributed by atoms with Crippen LogP contribution in [0, 0.1) is 0 Å². The molecule has 0 aromatic carbocycles. The molecule has 32 heavy (non-hydrogen) atoms. The predicted molar refractivity (Wildman–Crippen MR) is 142 cm³/mol. The number of imidazole rings is 1. The van der Waals surface area contributed by atoms with Gasteiger partial charge in [-0.3, -0.25) is 0 Å². The number of nitrogens with zero attached hydrogens (tertiary/aromatic N) is 1. The smallest absolute Gasteiger partial charge is 0.247 e. The zero-order valence-corrected chi connectivity index (χ0v) is 22.6. The Kier molecular flexibility index (Phi) is 19.0. The first-order valence-corrected chi connectivity index (χ1v) is 14.8. The van der Waals surface area contributed by atoms with Gasteiger partial charge in [0.25, 0.3) is 5.82 Å². The van der Waals surface area contributed by atoms with Crippen molar-refractivity contribution in [2.45, 2.75) is 174 Å². The number of rotatable bonds is 23. The molecule has 0 fully saturated rings. The molecule has 0 amide bonds. The molecule has 0 bridgehead atoms. The van der Waals surface area contributed by atoms with Gasteiger partial charge in [-0.2, -0.15) is 0 Å². The summed E-state index contributed by atoms with van der Waals surface area (Å²) in [5.41, 5.74) is 0. The maximum Gasteiger partial charge on any atom is 0.257 e. The van der Waals surface area contributed by atoms with E-state index in [4.69, 9.17) is 0 Å². The molecule has 0 aliphatic rings. The zero-order chi connectivity index (χ0) is 23.3. The lowest BCUT2D eigenvalue weighted by Crippen LogP contribution is -2.41. The highest BCUT2D eigenvalue weighted by Gasteiger charge is 2.25. The number of nitrogens with one attached hydrogen (secondary N) is 1. The van der Waals surface area contributed by atoms with Crippen LogP contribution in [0.1, 0.15) is 180 Å². The second-order valence-electron chi connectivity index (χ2n) is 10.5. The summed E-state index contributed by atoms with van der Waals surface area (Å²) in [5.74, 6) is 2.22. The first kappa shape index (κ1) is 29.2. The van der Waals surface area contributed by atoms with Crippen LogP contribution in [0.15, 0.2) is 12.4 Å². The van der Waals surface area contributed by atoms with Gasteiger partial charge in [-0.1, -0.05) is 136 Å². The standard InChI is InChI=1S/C30H58N2/c1-5-8-10-12-13-14-15-16-17-18-20-22-25-29(24-21-19-11-9-6-2)30-31-26-27-32(30)28(4)23-7-3/h26-29H,5-25H2,1-4H3/p+1. The molecule has 1 aromatic rings. The van der Waals surface area contributed by atoms with Crippen molar-refractivity contribution in [2.24, 2.45) is 0 Å². The van der Waals surface area contributed by atoms with E-state index in [-0.39, 0.29) is 0 Å². The highest BCUT2D eigenvalue weighted by Crippen LogP contribution is 2.27. The summed E-state index contributed by atoms with van der Waals surface area (Å²) in [6.07, 6.45) is 34.0. The highest BCUT2D eigenvalue weighted by molar-refractivity contribution is 4.90. The van der Waals surface area contributed by atoms with Crippen molar-refractivity contribution < 1.29 is 4.57 Å². The molecule has 2 heteroatoms. The van der Waals surface area contributed by atoms with Crippen LogP contribution < -0.4 is 4.57 Å². The van der Waals surface area contributed by atoms with E-state index in [9.17, 15) is 0 Å². The molecule has 0 aliphatic carbocycles. The van der Waals surface area contributed by atoms with Crippen LogP contribution in [0.25, 0.3) is 0 Å². The third-order valence-corrected chi connectivity index (χ3v) is 7.37. The van der Waals surface area contributed by atoms with E-state index in [1.165, 1.54) is 141 Å². The minimum absolute atomic E-state index is 0.616. The molecule has 0 radical (unpaired) electrons. The van der Waals surface area contributed by atoms with Gasteiger partial charge < -0.3 is 0 Å². The molecule has 188 valence electrons. The van der Waals surface area contributed by atoms with Crippen molar-refractivity contribution in [1.82, 2.24) is 4.98 Å². The average Bonchev–Trinajstić information content (AvgIpc) is 3.28. The van der Waals surface area contributed by atoms with E-state index >= 15 is 0 Å². The lowest BCUT2D eigenvalue weighted by atomic mass is 9.93. The summed E-state index contributed by atoms with van der Waals surface area (Å²) in [6.45, 7) is 9.32. The van der Waals surface area contributed by atoms with Crippen LogP contribution in [0.2, 0.25) is 0 Å². The fraction of sp³-hybridized carbons (Fsp3) is 0.900. The molecule has 2 unspecified atom stereocenters. The summed E-state index contributed by atoms with van der Waals surface area (Å²) in [5, 5.41) is 0. The van der Waals surface area contributed by atoms with Gasteiger partial charge in [-0.25, -0.2) is 9.55 Å². The predicted octanol–water partition coefficient (Wildman–Crippen LogP) is 10.2. The van der Waals surface area contributed by atoms with Crippen LogP contribution in [-0.4, -0.2) is 4.98 Å². The minimum atomic E-state index is 0.616. The van der Waals surface area contributed by atoms with Crippen LogP contribution in [-0.2, 0) is 0 Å². The second-order valence-corrected chi connectivity index (χ2v) is 10.5. The lowest BCUT2D eigenvalue weighted by molar-refractivity contribution is -0.727. The molecule has 1 heterocycles. The van der Waals surface area contributed by atoms with Gasteiger partial charge >= 0.3 is 0 Å². The molecule has 0 saturated carbocycles. The molecule has 2 nitrogen and oxygen atoms in total. The van der Waals surface area contributed by atoms with Crippen molar-refractivity contribution in [1.29, 1.82) is 0 Å². The Labute approximate surface area is 202 Å². The van der Waals surface area contributed by atoms with Crippen LogP contribution in [0.5, 0.6) is 0 Å². The third-order valence-electron chi connectivity index (χ3n) is 7.37. The second kappa shape index (κ2) is 20.8. The van der Waals surface area contributed by atoms with Crippen molar-refractivity contribution in [3.05, 3.63) is 18.2 Å². The van der Waals surface area contributed by atoms with Crippen LogP contribution >= 0.6 is 0 Å². The number of hydrogen-bond donors (Lipinski definition) is 1. The molecule has 1 N–H and O–H groups in total. The van der Waals surface area contributed by atoms with Crippen LogP contribution in [0.3, 0.4) is 0 Å². The Morgan fingerprint density at radius 3 is 1.47 bits per heavy atom. The van der Waals surface area contributed by atoms with E-state index in [2.05, 4.69) is 49.6 Å².